The Morgan fingerprint density at radius 1 is 0.977 bits per heavy atom. The molecule has 1 N–H and O–H groups in total. The molecule has 0 aliphatic rings. The second-order valence-electron chi connectivity index (χ2n) is 12.9. The molecule has 0 saturated heterocycles. The average molecular weight is 606 g/mol. The smallest absolute Gasteiger partial charge is 0.251 e. The lowest BCUT2D eigenvalue weighted by atomic mass is 9.89. The molecule has 1 aromatic heterocycles. The van der Waals surface area contributed by atoms with Crippen molar-refractivity contribution in [2.24, 2.45) is 5.92 Å². The van der Waals surface area contributed by atoms with E-state index >= 15 is 4.39 Å². The van der Waals surface area contributed by atoms with E-state index in [9.17, 15) is 9.59 Å². The van der Waals surface area contributed by atoms with E-state index in [0.717, 1.165) is 46.3 Å². The topological polar surface area (TPSA) is 63.6 Å². The molecule has 44 heavy (non-hydrogen) atoms. The number of ether oxygens (including phenoxy) is 1. The number of hydrogen-bond donors (Lipinski definition) is 1. The first-order valence-electron chi connectivity index (χ1n) is 15.9. The van der Waals surface area contributed by atoms with Crippen molar-refractivity contribution in [1.82, 2.24) is 14.8 Å². The van der Waals surface area contributed by atoms with Crippen LogP contribution in [-0.4, -0.2) is 49.2 Å². The molecule has 0 bridgehead atoms. The molecule has 3 aromatic rings. The van der Waals surface area contributed by atoms with Crippen LogP contribution in [0.15, 0.2) is 41.3 Å². The number of aryl methyl sites for hydroxylation is 5. The number of amides is 1. The molecule has 1 unspecified atom stereocenters. The maximum absolute atomic E-state index is 16.0. The highest BCUT2D eigenvalue weighted by molar-refractivity contribution is 5.81. The van der Waals surface area contributed by atoms with E-state index in [1.165, 1.54) is 5.56 Å². The summed E-state index contributed by atoms with van der Waals surface area (Å²) < 4.78 is 23.2. The van der Waals surface area contributed by atoms with Crippen LogP contribution in [-0.2, 0) is 16.0 Å². The number of pyridine rings is 1. The van der Waals surface area contributed by atoms with Crippen molar-refractivity contribution in [1.29, 1.82) is 0 Å². The molecule has 0 fully saturated rings. The van der Waals surface area contributed by atoms with Crippen molar-refractivity contribution in [2.45, 2.75) is 86.7 Å². The van der Waals surface area contributed by atoms with Gasteiger partial charge < -0.3 is 19.5 Å². The Balaban J connectivity index is 2.09. The van der Waals surface area contributed by atoms with E-state index in [1.807, 2.05) is 60.1 Å². The summed E-state index contributed by atoms with van der Waals surface area (Å²) in [5, 5.41) is 3.17. The first kappa shape index (κ1) is 35.2. The third-order valence-electron chi connectivity index (χ3n) is 8.25. The van der Waals surface area contributed by atoms with Gasteiger partial charge in [-0.25, -0.2) is 4.39 Å². The molecule has 0 spiro atoms. The molecule has 0 aliphatic heterocycles. The Bertz CT molecular complexity index is 1490. The zero-order valence-corrected chi connectivity index (χ0v) is 28.4. The van der Waals surface area contributed by atoms with Crippen LogP contribution in [0.25, 0.3) is 11.1 Å². The van der Waals surface area contributed by atoms with E-state index in [0.29, 0.717) is 37.2 Å². The maximum atomic E-state index is 16.0. The van der Waals surface area contributed by atoms with Crippen molar-refractivity contribution in [3.05, 3.63) is 91.6 Å². The van der Waals surface area contributed by atoms with Gasteiger partial charge in [0.05, 0.1) is 6.04 Å². The molecule has 0 aliphatic carbocycles. The Morgan fingerprint density at radius 2 is 1.64 bits per heavy atom. The largest absolute Gasteiger partial charge is 0.382 e. The Labute approximate surface area is 263 Å². The molecule has 1 heterocycles. The molecule has 3 rings (SSSR count). The average Bonchev–Trinajstić information content (AvgIpc) is 2.92. The number of hydrogen-bond acceptors (Lipinski definition) is 4. The monoisotopic (exact) mass is 605 g/mol. The number of benzene rings is 2. The second kappa shape index (κ2) is 15.6. The van der Waals surface area contributed by atoms with Crippen molar-refractivity contribution in [3.63, 3.8) is 0 Å². The lowest BCUT2D eigenvalue weighted by Gasteiger charge is -2.27. The highest BCUT2D eigenvalue weighted by Crippen LogP contribution is 2.34. The van der Waals surface area contributed by atoms with Gasteiger partial charge in [-0.05, 0) is 132 Å². The minimum Gasteiger partial charge on any atom is -0.382 e. The fourth-order valence-corrected chi connectivity index (χ4v) is 6.08. The van der Waals surface area contributed by atoms with E-state index in [1.54, 1.807) is 17.6 Å². The van der Waals surface area contributed by atoms with Gasteiger partial charge in [0.2, 0.25) is 5.91 Å². The normalized spacial score (nSPS) is 13.0. The third-order valence-corrected chi connectivity index (χ3v) is 8.25. The van der Waals surface area contributed by atoms with Gasteiger partial charge in [0.15, 0.2) is 0 Å². The van der Waals surface area contributed by atoms with E-state index in [4.69, 9.17) is 4.74 Å². The number of carbonyl (C=O) groups is 1. The molecule has 6 nitrogen and oxygen atoms in total. The molecular weight excluding hydrogens is 553 g/mol. The Morgan fingerprint density at radius 3 is 2.23 bits per heavy atom. The number of carbonyl (C=O) groups excluding carboxylic acids is 1. The standard InChI is InChI=1S/C37H52FN3O3/c1-11-44-15-13-32(31-21-30(19-28(8)36(31)38)35-26(6)17-24(4)18-27(35)7)39-37(43)33(16-23(2)3)41-22-29(12-14-40(9)10)25(5)20-34(41)42/h17-23,32-33H,11-16H2,1-10H3,(H,39,43)/t32-,33?/m0/s1. The Kier molecular flexibility index (Phi) is 12.5. The van der Waals surface area contributed by atoms with Crippen molar-refractivity contribution in [3.8, 4) is 11.1 Å². The van der Waals surface area contributed by atoms with Gasteiger partial charge in [-0.2, -0.15) is 0 Å². The summed E-state index contributed by atoms with van der Waals surface area (Å²) in [4.78, 5) is 29.6. The molecular formula is C37H52FN3O3. The highest BCUT2D eigenvalue weighted by Gasteiger charge is 2.28. The van der Waals surface area contributed by atoms with E-state index in [-0.39, 0.29) is 23.2 Å². The quantitative estimate of drug-likeness (QED) is 0.198. The Hall–Kier alpha value is -3.29. The predicted molar refractivity (Wildman–Crippen MR) is 179 cm³/mol. The van der Waals surface area contributed by atoms with E-state index in [2.05, 4.69) is 43.1 Å². The van der Waals surface area contributed by atoms with Gasteiger partial charge >= 0.3 is 0 Å². The van der Waals surface area contributed by atoms with Crippen LogP contribution in [0.3, 0.4) is 0 Å². The molecule has 1 amide bonds. The minimum atomic E-state index is -0.732. The van der Waals surface area contributed by atoms with Crippen LogP contribution in [0.1, 0.15) is 84.6 Å². The molecule has 2 aromatic carbocycles. The first-order chi connectivity index (χ1) is 20.7. The summed E-state index contributed by atoms with van der Waals surface area (Å²) >= 11 is 0. The number of aromatic nitrogens is 1. The zero-order valence-electron chi connectivity index (χ0n) is 28.4. The van der Waals surface area contributed by atoms with Crippen LogP contribution < -0.4 is 10.9 Å². The molecule has 240 valence electrons. The summed E-state index contributed by atoms with van der Waals surface area (Å²) in [7, 11) is 4.03. The predicted octanol–water partition coefficient (Wildman–Crippen LogP) is 7.17. The number of nitrogens with zero attached hydrogens (tertiary/aromatic N) is 2. The third kappa shape index (κ3) is 8.89. The fourth-order valence-electron chi connectivity index (χ4n) is 6.08. The van der Waals surface area contributed by atoms with Crippen LogP contribution in [0.4, 0.5) is 4.39 Å². The first-order valence-corrected chi connectivity index (χ1v) is 15.9. The summed E-state index contributed by atoms with van der Waals surface area (Å²) in [5.74, 6) is -0.479. The molecule has 2 atom stereocenters. The second-order valence-corrected chi connectivity index (χ2v) is 12.9. The SMILES string of the molecule is CCOCC[C@H](NC(=O)C(CC(C)C)n1cc(CCN(C)C)c(C)cc1=O)c1cc(-c2c(C)cc(C)cc2C)cc(C)c1F. The number of halogens is 1. The zero-order chi connectivity index (χ0) is 32.7. The maximum Gasteiger partial charge on any atom is 0.251 e. The number of nitrogens with one attached hydrogen (secondary N) is 1. The van der Waals surface area contributed by atoms with Crippen LogP contribution >= 0.6 is 0 Å². The van der Waals surface area contributed by atoms with Crippen LogP contribution in [0.5, 0.6) is 0 Å². The van der Waals surface area contributed by atoms with E-state index < -0.39 is 12.1 Å². The van der Waals surface area contributed by atoms with Gasteiger partial charge in [-0.3, -0.25) is 9.59 Å². The number of rotatable bonds is 14. The summed E-state index contributed by atoms with van der Waals surface area (Å²) in [6.07, 6.45) is 3.48. The van der Waals surface area contributed by atoms with Gasteiger partial charge in [0, 0.05) is 37.6 Å². The molecule has 0 saturated carbocycles. The van der Waals surface area contributed by atoms with Gasteiger partial charge in [0.1, 0.15) is 11.9 Å². The van der Waals surface area contributed by atoms with Crippen LogP contribution in [0.2, 0.25) is 0 Å². The van der Waals surface area contributed by atoms with Gasteiger partial charge in [0.25, 0.3) is 5.56 Å². The molecule has 0 radical (unpaired) electrons. The highest BCUT2D eigenvalue weighted by atomic mass is 19.1. The lowest BCUT2D eigenvalue weighted by Crippen LogP contribution is -2.40. The van der Waals surface area contributed by atoms with Crippen molar-refractivity contribution in [2.75, 3.05) is 33.9 Å². The molecule has 7 heteroatoms. The summed E-state index contributed by atoms with van der Waals surface area (Å²) in [6.45, 7) is 17.6. The van der Waals surface area contributed by atoms with Gasteiger partial charge in [-0.15, -0.1) is 0 Å². The summed E-state index contributed by atoms with van der Waals surface area (Å²) in [5.41, 5.74) is 8.10. The number of likely N-dealkylation sites (N-methyl/N-ethyl adjacent to an activating group) is 1. The van der Waals surface area contributed by atoms with Gasteiger partial charge in [-0.1, -0.05) is 31.5 Å². The van der Waals surface area contributed by atoms with Crippen molar-refractivity contribution < 1.29 is 13.9 Å². The lowest BCUT2D eigenvalue weighted by molar-refractivity contribution is -0.125. The minimum absolute atomic E-state index is 0.154. The van der Waals surface area contributed by atoms with Crippen LogP contribution in [0, 0.1) is 46.4 Å². The summed E-state index contributed by atoms with van der Waals surface area (Å²) in [6, 6.07) is 8.28. The van der Waals surface area contributed by atoms with Crippen molar-refractivity contribution >= 4 is 5.91 Å². The fraction of sp³-hybridized carbons (Fsp3) is 0.514.